The van der Waals surface area contributed by atoms with Crippen LogP contribution in [-0.4, -0.2) is 34.6 Å². The summed E-state index contributed by atoms with van der Waals surface area (Å²) in [4.78, 5) is 7.06. The molecule has 0 aliphatic carbocycles. The molecule has 0 bridgehead atoms. The Hall–Kier alpha value is -1.06. The first kappa shape index (κ1) is 12.9. The van der Waals surface area contributed by atoms with Crippen LogP contribution in [0.2, 0.25) is 0 Å². The summed E-state index contributed by atoms with van der Waals surface area (Å²) in [5, 5.41) is 0. The third kappa shape index (κ3) is 2.63. The van der Waals surface area contributed by atoms with Crippen molar-refractivity contribution in [1.29, 1.82) is 0 Å². The van der Waals surface area contributed by atoms with Crippen LogP contribution < -0.4 is 0 Å². The normalized spacial score (nSPS) is 21.1. The predicted octanol–water partition coefficient (Wildman–Crippen LogP) is 3.12. The van der Waals surface area contributed by atoms with Crippen LogP contribution in [0.1, 0.15) is 18.7 Å². The Morgan fingerprint density at radius 3 is 3.00 bits per heavy atom. The summed E-state index contributed by atoms with van der Waals surface area (Å²) >= 11 is 6.06. The number of fused-ring (bicyclic) bond motifs is 1. The first-order valence-corrected chi connectivity index (χ1v) is 7.50. The fourth-order valence-corrected chi connectivity index (χ4v) is 3.32. The number of hydrogen-bond donors (Lipinski definition) is 0. The lowest BCUT2D eigenvalue weighted by Gasteiger charge is -2.30. The molecule has 0 N–H and O–H groups in total. The molecule has 102 valence electrons. The number of imidazole rings is 1. The van der Waals surface area contributed by atoms with E-state index in [9.17, 15) is 0 Å². The van der Waals surface area contributed by atoms with Crippen LogP contribution in [-0.2, 0) is 12.4 Å². The maximum absolute atomic E-state index is 6.06. The standard InChI is InChI=1S/C15H20ClN3/c1-18-8-4-5-12(10-18)11-19-14-7-3-2-6-13(14)17-15(19)9-16/h2-3,6-7,12H,4-5,8-11H2,1H3. The van der Waals surface area contributed by atoms with E-state index >= 15 is 0 Å². The van der Waals surface area contributed by atoms with Gasteiger partial charge in [-0.25, -0.2) is 4.98 Å². The van der Waals surface area contributed by atoms with Gasteiger partial charge in [0.25, 0.3) is 0 Å². The summed E-state index contributed by atoms with van der Waals surface area (Å²) in [5.74, 6) is 2.19. The van der Waals surface area contributed by atoms with Crippen molar-refractivity contribution in [2.45, 2.75) is 25.3 Å². The quantitative estimate of drug-likeness (QED) is 0.804. The summed E-state index contributed by atoms with van der Waals surface area (Å²) in [5.41, 5.74) is 2.27. The molecule has 0 radical (unpaired) electrons. The molecule has 1 aromatic carbocycles. The lowest BCUT2D eigenvalue weighted by Crippen LogP contribution is -2.34. The molecule has 0 spiro atoms. The monoisotopic (exact) mass is 277 g/mol. The van der Waals surface area contributed by atoms with Gasteiger partial charge < -0.3 is 9.47 Å². The van der Waals surface area contributed by atoms with Crippen molar-refractivity contribution in [3.63, 3.8) is 0 Å². The van der Waals surface area contributed by atoms with E-state index in [1.54, 1.807) is 0 Å². The number of para-hydroxylation sites is 2. The van der Waals surface area contributed by atoms with E-state index < -0.39 is 0 Å². The van der Waals surface area contributed by atoms with E-state index in [0.717, 1.165) is 17.9 Å². The number of aromatic nitrogens is 2. The van der Waals surface area contributed by atoms with Gasteiger partial charge in [-0.3, -0.25) is 0 Å². The van der Waals surface area contributed by atoms with Crippen LogP contribution in [0.3, 0.4) is 0 Å². The minimum atomic E-state index is 0.483. The highest BCUT2D eigenvalue weighted by molar-refractivity contribution is 6.16. The smallest absolute Gasteiger partial charge is 0.124 e. The van der Waals surface area contributed by atoms with Crippen molar-refractivity contribution in [2.75, 3.05) is 20.1 Å². The zero-order valence-electron chi connectivity index (χ0n) is 11.3. The molecule has 1 aromatic heterocycles. The van der Waals surface area contributed by atoms with E-state index in [0.29, 0.717) is 11.8 Å². The fraction of sp³-hybridized carbons (Fsp3) is 0.533. The van der Waals surface area contributed by atoms with Gasteiger partial charge in [0.15, 0.2) is 0 Å². The summed E-state index contributed by atoms with van der Waals surface area (Å²) in [6.07, 6.45) is 2.60. The van der Waals surface area contributed by atoms with Crippen molar-refractivity contribution >= 4 is 22.6 Å². The summed E-state index contributed by atoms with van der Waals surface area (Å²) in [6.45, 7) is 3.44. The minimum absolute atomic E-state index is 0.483. The van der Waals surface area contributed by atoms with Crippen molar-refractivity contribution < 1.29 is 0 Å². The van der Waals surface area contributed by atoms with E-state index in [-0.39, 0.29) is 0 Å². The van der Waals surface area contributed by atoms with Crippen LogP contribution in [0.5, 0.6) is 0 Å². The molecular formula is C15H20ClN3. The second-order valence-electron chi connectivity index (χ2n) is 5.53. The number of halogens is 1. The molecule has 1 fully saturated rings. The number of nitrogens with zero attached hydrogens (tertiary/aromatic N) is 3. The molecule has 4 heteroatoms. The van der Waals surface area contributed by atoms with Gasteiger partial charge in [-0.2, -0.15) is 0 Å². The van der Waals surface area contributed by atoms with E-state index in [1.807, 2.05) is 6.07 Å². The number of hydrogen-bond acceptors (Lipinski definition) is 2. The Balaban J connectivity index is 1.90. The third-order valence-corrected chi connectivity index (χ3v) is 4.26. The molecule has 0 saturated carbocycles. The minimum Gasteiger partial charge on any atom is -0.327 e. The largest absolute Gasteiger partial charge is 0.327 e. The molecule has 1 aliphatic rings. The topological polar surface area (TPSA) is 21.1 Å². The number of likely N-dealkylation sites (tertiary alicyclic amines) is 1. The number of rotatable bonds is 3. The van der Waals surface area contributed by atoms with Crippen molar-refractivity contribution in [2.24, 2.45) is 5.92 Å². The van der Waals surface area contributed by atoms with E-state index in [2.05, 4.69) is 39.7 Å². The van der Waals surface area contributed by atoms with Gasteiger partial charge in [-0.05, 0) is 44.5 Å². The zero-order chi connectivity index (χ0) is 13.2. The zero-order valence-corrected chi connectivity index (χ0v) is 12.1. The highest BCUT2D eigenvalue weighted by Gasteiger charge is 2.20. The van der Waals surface area contributed by atoms with Gasteiger partial charge in [0, 0.05) is 13.1 Å². The molecule has 2 heterocycles. The van der Waals surface area contributed by atoms with Crippen molar-refractivity contribution in [1.82, 2.24) is 14.5 Å². The van der Waals surface area contributed by atoms with Crippen LogP contribution in [0.25, 0.3) is 11.0 Å². The average Bonchev–Trinajstić information content (AvgIpc) is 2.77. The highest BCUT2D eigenvalue weighted by Crippen LogP contribution is 2.23. The molecule has 3 nitrogen and oxygen atoms in total. The average molecular weight is 278 g/mol. The van der Waals surface area contributed by atoms with Gasteiger partial charge in [-0.1, -0.05) is 12.1 Å². The molecule has 1 saturated heterocycles. The van der Waals surface area contributed by atoms with Crippen molar-refractivity contribution in [3.8, 4) is 0 Å². The van der Waals surface area contributed by atoms with Gasteiger partial charge in [-0.15, -0.1) is 11.6 Å². The van der Waals surface area contributed by atoms with Gasteiger partial charge in [0.2, 0.25) is 0 Å². The second-order valence-corrected chi connectivity index (χ2v) is 5.80. The Kier molecular flexibility index (Phi) is 3.76. The van der Waals surface area contributed by atoms with Gasteiger partial charge in [0.1, 0.15) is 5.82 Å². The van der Waals surface area contributed by atoms with Gasteiger partial charge in [0.05, 0.1) is 16.9 Å². The lowest BCUT2D eigenvalue weighted by molar-refractivity contribution is 0.195. The SMILES string of the molecule is CN1CCCC(Cn2c(CCl)nc3ccccc32)C1. The first-order valence-electron chi connectivity index (χ1n) is 6.96. The van der Waals surface area contributed by atoms with Gasteiger partial charge >= 0.3 is 0 Å². The summed E-state index contributed by atoms with van der Waals surface area (Å²) in [7, 11) is 2.21. The van der Waals surface area contributed by atoms with Crippen LogP contribution >= 0.6 is 11.6 Å². The molecule has 2 aromatic rings. The summed E-state index contributed by atoms with van der Waals surface area (Å²) < 4.78 is 2.31. The lowest BCUT2D eigenvalue weighted by atomic mass is 9.98. The Morgan fingerprint density at radius 2 is 2.21 bits per heavy atom. The number of piperidine rings is 1. The van der Waals surface area contributed by atoms with Crippen LogP contribution in [0.15, 0.2) is 24.3 Å². The summed E-state index contributed by atoms with van der Waals surface area (Å²) in [6, 6.07) is 8.32. The molecule has 3 rings (SSSR count). The second kappa shape index (κ2) is 5.51. The molecule has 19 heavy (non-hydrogen) atoms. The van der Waals surface area contributed by atoms with Crippen LogP contribution in [0.4, 0.5) is 0 Å². The Labute approximate surface area is 119 Å². The molecule has 1 atom stereocenters. The third-order valence-electron chi connectivity index (χ3n) is 4.02. The van der Waals surface area contributed by atoms with E-state index in [1.165, 1.54) is 31.4 Å². The molecule has 1 aliphatic heterocycles. The van der Waals surface area contributed by atoms with Crippen LogP contribution in [0, 0.1) is 5.92 Å². The maximum atomic E-state index is 6.06. The van der Waals surface area contributed by atoms with E-state index in [4.69, 9.17) is 11.6 Å². The maximum Gasteiger partial charge on any atom is 0.124 e. The predicted molar refractivity (Wildman–Crippen MR) is 79.5 cm³/mol. The fourth-order valence-electron chi connectivity index (χ4n) is 3.11. The Bertz CT molecular complexity index is 564. The Morgan fingerprint density at radius 1 is 1.37 bits per heavy atom. The van der Waals surface area contributed by atoms with Crippen molar-refractivity contribution in [3.05, 3.63) is 30.1 Å². The molecular weight excluding hydrogens is 258 g/mol. The molecule has 1 unspecified atom stereocenters. The first-order chi connectivity index (χ1) is 9.28. The number of alkyl halides is 1. The number of benzene rings is 1. The highest BCUT2D eigenvalue weighted by atomic mass is 35.5. The molecule has 0 amide bonds.